The quantitative estimate of drug-likeness (QED) is 0.763. The Balaban J connectivity index is 2.13. The van der Waals surface area contributed by atoms with Gasteiger partial charge in [-0.3, -0.25) is 0 Å². The Morgan fingerprint density at radius 3 is 2.17 bits per heavy atom. The summed E-state index contributed by atoms with van der Waals surface area (Å²) >= 11 is 0. The van der Waals surface area contributed by atoms with Gasteiger partial charge in [-0.1, -0.05) is 13.8 Å². The zero-order chi connectivity index (χ0) is 13.6. The van der Waals surface area contributed by atoms with Crippen molar-refractivity contribution < 1.29 is 18.9 Å². The molecule has 2 rings (SSSR count). The first kappa shape index (κ1) is 14.3. The monoisotopic (exact) mass is 258 g/mol. The molecule has 0 saturated carbocycles. The number of hydrogen-bond donors (Lipinski definition) is 0. The molecule has 106 valence electrons. The van der Waals surface area contributed by atoms with Crippen LogP contribution in [-0.2, 0) is 18.9 Å². The molecule has 4 atom stereocenters. The molecule has 0 spiro atoms. The summed E-state index contributed by atoms with van der Waals surface area (Å²) in [6.45, 7) is 12.8. The third-order valence-electron chi connectivity index (χ3n) is 3.62. The minimum Gasteiger partial charge on any atom is -0.350 e. The fraction of sp³-hybridized carbons (Fsp3) is 1.00. The average Bonchev–Trinajstić information content (AvgIpc) is 2.57. The highest BCUT2D eigenvalue weighted by Crippen LogP contribution is 2.38. The summed E-state index contributed by atoms with van der Waals surface area (Å²) in [7, 11) is 0. The van der Waals surface area contributed by atoms with Crippen molar-refractivity contribution in [3.63, 3.8) is 0 Å². The zero-order valence-corrected chi connectivity index (χ0v) is 12.4. The van der Waals surface area contributed by atoms with Gasteiger partial charge in [-0.25, -0.2) is 0 Å². The number of hydrogen-bond acceptors (Lipinski definition) is 4. The van der Waals surface area contributed by atoms with Crippen LogP contribution >= 0.6 is 0 Å². The van der Waals surface area contributed by atoms with Crippen molar-refractivity contribution >= 4 is 0 Å². The van der Waals surface area contributed by atoms with Crippen LogP contribution in [0.15, 0.2) is 0 Å². The fourth-order valence-electron chi connectivity index (χ4n) is 2.75. The Hall–Kier alpha value is -0.160. The fourth-order valence-corrected chi connectivity index (χ4v) is 2.75. The van der Waals surface area contributed by atoms with E-state index >= 15 is 0 Å². The van der Waals surface area contributed by atoms with E-state index < -0.39 is 11.6 Å². The first-order valence-corrected chi connectivity index (χ1v) is 6.91. The molecule has 4 nitrogen and oxygen atoms in total. The Kier molecular flexibility index (Phi) is 3.76. The Morgan fingerprint density at radius 2 is 1.56 bits per heavy atom. The Bertz CT molecular complexity index is 298. The second-order valence-corrected chi connectivity index (χ2v) is 6.32. The van der Waals surface area contributed by atoms with Gasteiger partial charge < -0.3 is 18.9 Å². The summed E-state index contributed by atoms with van der Waals surface area (Å²) < 4.78 is 23.7. The predicted octanol–water partition coefficient (Wildman–Crippen LogP) is 2.70. The van der Waals surface area contributed by atoms with Gasteiger partial charge in [0.05, 0.1) is 18.8 Å². The molecule has 0 aromatic rings. The van der Waals surface area contributed by atoms with Crippen molar-refractivity contribution in [3.05, 3.63) is 0 Å². The van der Waals surface area contributed by atoms with E-state index in [-0.39, 0.29) is 18.3 Å². The first-order chi connectivity index (χ1) is 8.24. The van der Waals surface area contributed by atoms with Gasteiger partial charge >= 0.3 is 0 Å². The van der Waals surface area contributed by atoms with Crippen LogP contribution < -0.4 is 0 Å². The highest BCUT2D eigenvalue weighted by atomic mass is 16.8. The molecule has 0 bridgehead atoms. The molecule has 4 heteroatoms. The number of rotatable bonds is 2. The molecule has 0 radical (unpaired) electrons. The summed E-state index contributed by atoms with van der Waals surface area (Å²) in [4.78, 5) is 0. The van der Waals surface area contributed by atoms with E-state index in [1.165, 1.54) is 0 Å². The van der Waals surface area contributed by atoms with Crippen LogP contribution in [-0.4, -0.2) is 36.5 Å². The van der Waals surface area contributed by atoms with E-state index in [9.17, 15) is 0 Å². The molecular weight excluding hydrogens is 232 g/mol. The molecule has 2 aliphatic heterocycles. The van der Waals surface area contributed by atoms with Crippen molar-refractivity contribution in [1.29, 1.82) is 0 Å². The molecule has 18 heavy (non-hydrogen) atoms. The van der Waals surface area contributed by atoms with Crippen molar-refractivity contribution in [3.8, 4) is 0 Å². The van der Waals surface area contributed by atoms with E-state index in [4.69, 9.17) is 18.9 Å². The lowest BCUT2D eigenvalue weighted by atomic mass is 9.94. The summed E-state index contributed by atoms with van der Waals surface area (Å²) in [5, 5.41) is 0. The van der Waals surface area contributed by atoms with Crippen LogP contribution in [0.1, 0.15) is 48.0 Å². The molecule has 0 aliphatic carbocycles. The van der Waals surface area contributed by atoms with Crippen LogP contribution in [0.2, 0.25) is 0 Å². The molecule has 0 aromatic heterocycles. The van der Waals surface area contributed by atoms with Crippen LogP contribution in [0.5, 0.6) is 0 Å². The van der Waals surface area contributed by atoms with E-state index in [2.05, 4.69) is 13.8 Å². The SMILES string of the molecule is CC[C@H]1OC(C)(C)OC1[C@@H]1OC(C)(C)OCC1C. The minimum absolute atomic E-state index is 0.0109. The van der Waals surface area contributed by atoms with Gasteiger partial charge in [-0.2, -0.15) is 0 Å². The van der Waals surface area contributed by atoms with E-state index in [0.29, 0.717) is 12.5 Å². The van der Waals surface area contributed by atoms with Crippen LogP contribution in [0.25, 0.3) is 0 Å². The third kappa shape index (κ3) is 2.87. The van der Waals surface area contributed by atoms with E-state index in [1.807, 2.05) is 27.7 Å². The number of ether oxygens (including phenoxy) is 4. The Labute approximate surface area is 110 Å². The van der Waals surface area contributed by atoms with Crippen LogP contribution in [0.4, 0.5) is 0 Å². The predicted molar refractivity (Wildman–Crippen MR) is 68.2 cm³/mol. The van der Waals surface area contributed by atoms with Gasteiger partial charge in [0, 0.05) is 5.92 Å². The summed E-state index contributed by atoms with van der Waals surface area (Å²) in [5.41, 5.74) is 0. The van der Waals surface area contributed by atoms with Crippen LogP contribution in [0.3, 0.4) is 0 Å². The summed E-state index contributed by atoms with van der Waals surface area (Å²) in [6, 6.07) is 0. The lowest BCUT2D eigenvalue weighted by molar-refractivity contribution is -0.310. The van der Waals surface area contributed by atoms with Gasteiger partial charge in [0.15, 0.2) is 11.6 Å². The third-order valence-corrected chi connectivity index (χ3v) is 3.62. The average molecular weight is 258 g/mol. The molecule has 2 aliphatic rings. The molecule has 0 aromatic carbocycles. The van der Waals surface area contributed by atoms with Crippen molar-refractivity contribution in [2.24, 2.45) is 5.92 Å². The van der Waals surface area contributed by atoms with Gasteiger partial charge in [-0.05, 0) is 34.1 Å². The highest BCUT2D eigenvalue weighted by molar-refractivity contribution is 4.91. The van der Waals surface area contributed by atoms with Gasteiger partial charge in [0.25, 0.3) is 0 Å². The molecule has 2 unspecified atom stereocenters. The van der Waals surface area contributed by atoms with Gasteiger partial charge in [0.1, 0.15) is 6.10 Å². The maximum atomic E-state index is 6.07. The maximum Gasteiger partial charge on any atom is 0.163 e. The molecule has 0 amide bonds. The minimum atomic E-state index is -0.536. The van der Waals surface area contributed by atoms with Crippen molar-refractivity contribution in [2.75, 3.05) is 6.61 Å². The summed E-state index contributed by atoms with van der Waals surface area (Å²) in [5.74, 6) is -0.739. The van der Waals surface area contributed by atoms with E-state index in [0.717, 1.165) is 6.42 Å². The molecule has 2 heterocycles. The highest BCUT2D eigenvalue weighted by Gasteiger charge is 2.49. The van der Waals surface area contributed by atoms with Crippen LogP contribution in [0, 0.1) is 5.92 Å². The maximum absolute atomic E-state index is 6.07. The van der Waals surface area contributed by atoms with Crippen molar-refractivity contribution in [2.45, 2.75) is 77.8 Å². The van der Waals surface area contributed by atoms with Crippen molar-refractivity contribution in [1.82, 2.24) is 0 Å². The lowest BCUT2D eigenvalue weighted by Crippen LogP contribution is -2.52. The smallest absolute Gasteiger partial charge is 0.163 e. The van der Waals surface area contributed by atoms with Gasteiger partial charge in [0.2, 0.25) is 0 Å². The Morgan fingerprint density at radius 1 is 0.944 bits per heavy atom. The molecule has 2 fully saturated rings. The second kappa shape index (κ2) is 4.75. The zero-order valence-electron chi connectivity index (χ0n) is 12.4. The summed E-state index contributed by atoms with van der Waals surface area (Å²) in [6.07, 6.45) is 1.05. The molecular formula is C14H26O4. The lowest BCUT2D eigenvalue weighted by Gasteiger charge is -2.42. The topological polar surface area (TPSA) is 36.9 Å². The molecule has 0 N–H and O–H groups in total. The first-order valence-electron chi connectivity index (χ1n) is 6.91. The van der Waals surface area contributed by atoms with Gasteiger partial charge in [-0.15, -0.1) is 0 Å². The van der Waals surface area contributed by atoms with E-state index in [1.54, 1.807) is 0 Å². The largest absolute Gasteiger partial charge is 0.350 e. The molecule has 2 saturated heterocycles. The standard InChI is InChI=1S/C14H26O4/c1-7-10-12(18-14(5,6)16-10)11-9(2)8-15-13(3,4)17-11/h9-12H,7-8H2,1-6H3/t9?,10-,11-,12?/m1/s1. The second-order valence-electron chi connectivity index (χ2n) is 6.32. The normalized spacial score (nSPS) is 43.0.